The second kappa shape index (κ2) is 7.33. The molecule has 1 fully saturated rings. The zero-order valence-electron chi connectivity index (χ0n) is 15.4. The van der Waals surface area contributed by atoms with E-state index in [1.54, 1.807) is 11.3 Å². The largest absolute Gasteiger partial charge is 0.309 e. The highest BCUT2D eigenvalue weighted by atomic mass is 32.1. The molecule has 3 aromatic rings. The summed E-state index contributed by atoms with van der Waals surface area (Å²) in [5, 5.41) is 2.78. The van der Waals surface area contributed by atoms with Gasteiger partial charge < -0.3 is 4.98 Å². The molecule has 26 heavy (non-hydrogen) atoms. The molecular formula is C21H25N3OS. The number of aromatic amines is 1. The van der Waals surface area contributed by atoms with Gasteiger partial charge >= 0.3 is 0 Å². The van der Waals surface area contributed by atoms with Crippen molar-refractivity contribution in [2.24, 2.45) is 0 Å². The number of hydrogen-bond donors (Lipinski definition) is 1. The minimum atomic E-state index is -0.0263. The van der Waals surface area contributed by atoms with E-state index in [1.807, 2.05) is 12.1 Å². The molecule has 0 radical (unpaired) electrons. The minimum absolute atomic E-state index is 0.0263. The molecule has 5 heteroatoms. The number of H-pyrrole nitrogens is 1. The number of thiophene rings is 1. The molecule has 1 N–H and O–H groups in total. The second-order valence-corrected chi connectivity index (χ2v) is 8.22. The molecule has 0 atom stereocenters. The Hall–Kier alpha value is -1.98. The van der Waals surface area contributed by atoms with Crippen LogP contribution in [0.2, 0.25) is 0 Å². The normalized spacial score (nSPS) is 15.8. The molecule has 4 nitrogen and oxygen atoms in total. The third-order valence-corrected chi connectivity index (χ3v) is 6.40. The second-order valence-electron chi connectivity index (χ2n) is 7.36. The number of aryl methyl sites for hydroxylation is 1. The van der Waals surface area contributed by atoms with E-state index in [0.717, 1.165) is 21.8 Å². The number of nitrogens with zero attached hydrogens (tertiary/aromatic N) is 2. The van der Waals surface area contributed by atoms with E-state index < -0.39 is 0 Å². The molecule has 0 amide bonds. The lowest BCUT2D eigenvalue weighted by molar-refractivity contribution is 0.181. The summed E-state index contributed by atoms with van der Waals surface area (Å²) in [5.41, 5.74) is 3.25. The van der Waals surface area contributed by atoms with Crippen LogP contribution < -0.4 is 5.56 Å². The van der Waals surface area contributed by atoms with Gasteiger partial charge in [-0.1, -0.05) is 43.5 Å². The summed E-state index contributed by atoms with van der Waals surface area (Å²) in [6.45, 7) is 2.78. The fraction of sp³-hybridized carbons (Fsp3) is 0.429. The van der Waals surface area contributed by atoms with Crippen LogP contribution in [0.3, 0.4) is 0 Å². The van der Waals surface area contributed by atoms with E-state index >= 15 is 0 Å². The Morgan fingerprint density at radius 3 is 2.73 bits per heavy atom. The van der Waals surface area contributed by atoms with Crippen LogP contribution >= 0.6 is 11.3 Å². The molecule has 0 spiro atoms. The molecule has 0 saturated heterocycles. The highest BCUT2D eigenvalue weighted by molar-refractivity contribution is 7.17. The van der Waals surface area contributed by atoms with Crippen LogP contribution in [0.4, 0.5) is 0 Å². The van der Waals surface area contributed by atoms with Crippen LogP contribution in [-0.2, 0) is 6.54 Å². The molecule has 1 saturated carbocycles. The smallest absolute Gasteiger partial charge is 0.260 e. The van der Waals surface area contributed by atoms with Crippen molar-refractivity contribution in [3.63, 3.8) is 0 Å². The van der Waals surface area contributed by atoms with Gasteiger partial charge in [0.05, 0.1) is 11.9 Å². The quantitative estimate of drug-likeness (QED) is 0.725. The Bertz CT molecular complexity index is 969. The third kappa shape index (κ3) is 3.33. The maximum atomic E-state index is 12.8. The Morgan fingerprint density at radius 1 is 1.19 bits per heavy atom. The molecule has 1 aliphatic carbocycles. The van der Waals surface area contributed by atoms with Gasteiger partial charge in [0.25, 0.3) is 5.56 Å². The standard InChI is InChI=1S/C21H25N3OS/c1-14-8-6-7-11-16(14)17-13-26-21-19(17)20(25)22-18(23-21)12-24(2)15-9-4-3-5-10-15/h6-8,11,13,15H,3-5,9-10,12H2,1-2H3,(H,22,23,25). The third-order valence-electron chi connectivity index (χ3n) is 5.53. The number of fused-ring (bicyclic) bond motifs is 1. The maximum Gasteiger partial charge on any atom is 0.260 e. The number of nitrogens with one attached hydrogen (secondary N) is 1. The van der Waals surface area contributed by atoms with Gasteiger partial charge in [0, 0.05) is 17.0 Å². The highest BCUT2D eigenvalue weighted by Gasteiger charge is 2.20. The van der Waals surface area contributed by atoms with E-state index in [2.05, 4.69) is 41.4 Å². The van der Waals surface area contributed by atoms with Gasteiger partial charge in [0.15, 0.2) is 0 Å². The molecule has 1 aromatic carbocycles. The monoisotopic (exact) mass is 367 g/mol. The molecule has 136 valence electrons. The van der Waals surface area contributed by atoms with Gasteiger partial charge in [0.2, 0.25) is 0 Å². The molecule has 2 heterocycles. The topological polar surface area (TPSA) is 49.0 Å². The molecule has 0 bridgehead atoms. The lowest BCUT2D eigenvalue weighted by Gasteiger charge is -2.30. The number of hydrogen-bond acceptors (Lipinski definition) is 4. The van der Waals surface area contributed by atoms with E-state index in [4.69, 9.17) is 4.98 Å². The van der Waals surface area contributed by atoms with Crippen molar-refractivity contribution < 1.29 is 0 Å². The van der Waals surface area contributed by atoms with Crippen LogP contribution in [0.1, 0.15) is 43.5 Å². The Balaban J connectivity index is 1.66. The molecule has 2 aromatic heterocycles. The van der Waals surface area contributed by atoms with Crippen LogP contribution in [0.15, 0.2) is 34.4 Å². The van der Waals surface area contributed by atoms with Crippen molar-refractivity contribution in [2.45, 2.75) is 51.6 Å². The van der Waals surface area contributed by atoms with Crippen molar-refractivity contribution in [2.75, 3.05) is 7.05 Å². The zero-order valence-corrected chi connectivity index (χ0v) is 16.2. The summed E-state index contributed by atoms with van der Waals surface area (Å²) in [4.78, 5) is 23.8. The van der Waals surface area contributed by atoms with Crippen molar-refractivity contribution in [1.82, 2.24) is 14.9 Å². The summed E-state index contributed by atoms with van der Waals surface area (Å²) in [6, 6.07) is 8.79. The van der Waals surface area contributed by atoms with E-state index in [1.165, 1.54) is 37.7 Å². The van der Waals surface area contributed by atoms with Crippen LogP contribution in [0, 0.1) is 6.92 Å². The van der Waals surface area contributed by atoms with Gasteiger partial charge in [0.1, 0.15) is 10.7 Å². The van der Waals surface area contributed by atoms with Gasteiger partial charge in [-0.3, -0.25) is 9.69 Å². The fourth-order valence-corrected chi connectivity index (χ4v) is 4.99. The zero-order chi connectivity index (χ0) is 18.1. The summed E-state index contributed by atoms with van der Waals surface area (Å²) >= 11 is 1.56. The Labute approximate surface area is 157 Å². The predicted octanol–water partition coefficient (Wildman–Crippen LogP) is 4.72. The number of rotatable bonds is 4. The molecule has 4 rings (SSSR count). The lowest BCUT2D eigenvalue weighted by atomic mass is 9.94. The van der Waals surface area contributed by atoms with Crippen molar-refractivity contribution in [3.8, 4) is 11.1 Å². The lowest BCUT2D eigenvalue weighted by Crippen LogP contribution is -2.34. The molecule has 1 aliphatic rings. The summed E-state index contributed by atoms with van der Waals surface area (Å²) in [5.74, 6) is 0.772. The van der Waals surface area contributed by atoms with E-state index in [9.17, 15) is 4.79 Å². The minimum Gasteiger partial charge on any atom is -0.309 e. The highest BCUT2D eigenvalue weighted by Crippen LogP contribution is 2.32. The number of aromatic nitrogens is 2. The van der Waals surface area contributed by atoms with E-state index in [-0.39, 0.29) is 5.56 Å². The SMILES string of the molecule is Cc1ccccc1-c1csc2nc(CN(C)C3CCCCC3)[nH]c(=O)c12. The summed E-state index contributed by atoms with van der Waals surface area (Å²) < 4.78 is 0. The molecular weight excluding hydrogens is 342 g/mol. The van der Waals surface area contributed by atoms with Gasteiger partial charge in [-0.15, -0.1) is 11.3 Å². The first-order valence-electron chi connectivity index (χ1n) is 9.40. The molecule has 0 unspecified atom stereocenters. The Morgan fingerprint density at radius 2 is 1.96 bits per heavy atom. The van der Waals surface area contributed by atoms with Crippen molar-refractivity contribution in [1.29, 1.82) is 0 Å². The van der Waals surface area contributed by atoms with E-state index in [0.29, 0.717) is 18.0 Å². The summed E-state index contributed by atoms with van der Waals surface area (Å²) in [7, 11) is 2.15. The van der Waals surface area contributed by atoms with Crippen LogP contribution in [0.25, 0.3) is 21.3 Å². The van der Waals surface area contributed by atoms with Crippen LogP contribution in [0.5, 0.6) is 0 Å². The maximum absolute atomic E-state index is 12.8. The van der Waals surface area contributed by atoms with Crippen molar-refractivity contribution in [3.05, 3.63) is 51.4 Å². The predicted molar refractivity (Wildman–Crippen MR) is 109 cm³/mol. The average molecular weight is 368 g/mol. The molecule has 0 aliphatic heterocycles. The first-order valence-corrected chi connectivity index (χ1v) is 10.3. The first-order chi connectivity index (χ1) is 12.6. The van der Waals surface area contributed by atoms with Crippen molar-refractivity contribution >= 4 is 21.6 Å². The van der Waals surface area contributed by atoms with Gasteiger partial charge in [-0.05, 0) is 37.9 Å². The summed E-state index contributed by atoms with van der Waals surface area (Å²) in [6.07, 6.45) is 6.46. The first kappa shape index (κ1) is 17.4. The van der Waals surface area contributed by atoms with Gasteiger partial charge in [-0.2, -0.15) is 0 Å². The van der Waals surface area contributed by atoms with Gasteiger partial charge in [-0.25, -0.2) is 4.98 Å². The van der Waals surface area contributed by atoms with Crippen LogP contribution in [-0.4, -0.2) is 28.0 Å². The Kier molecular flexibility index (Phi) is 4.92. The average Bonchev–Trinajstić information content (AvgIpc) is 3.07. The number of benzene rings is 1. The fourth-order valence-electron chi connectivity index (χ4n) is 4.03.